The van der Waals surface area contributed by atoms with Gasteiger partial charge in [0.25, 0.3) is 0 Å². The molecule has 0 atom stereocenters. The van der Waals surface area contributed by atoms with Crippen molar-refractivity contribution in [2.45, 2.75) is 17.0 Å². The van der Waals surface area contributed by atoms with E-state index in [-0.39, 0.29) is 0 Å². The molecule has 3 nitrogen and oxygen atoms in total. The lowest BCUT2D eigenvalue weighted by molar-refractivity contribution is 0.414. The third-order valence-electron chi connectivity index (χ3n) is 1.43. The molecular formula is C8H8N2OS2. The smallest absolute Gasteiger partial charge is 0.150 e. The van der Waals surface area contributed by atoms with E-state index in [0.717, 1.165) is 21.5 Å². The van der Waals surface area contributed by atoms with Crippen LogP contribution in [0.1, 0.15) is 11.4 Å². The molecule has 0 aliphatic rings. The molecule has 68 valence electrons. The van der Waals surface area contributed by atoms with Gasteiger partial charge in [-0.2, -0.15) is 0 Å². The molecule has 2 heterocycles. The molecule has 5 heteroatoms. The summed E-state index contributed by atoms with van der Waals surface area (Å²) in [6, 6.07) is 1.87. The summed E-state index contributed by atoms with van der Waals surface area (Å²) < 4.78 is 5.81. The SMILES string of the molecule is Cc1csc(SCc2ccon2)n1. The summed E-state index contributed by atoms with van der Waals surface area (Å²) in [5, 5.41) is 5.87. The topological polar surface area (TPSA) is 38.9 Å². The van der Waals surface area contributed by atoms with Crippen LogP contribution in [-0.4, -0.2) is 10.1 Å². The van der Waals surface area contributed by atoms with Crippen LogP contribution in [0.25, 0.3) is 0 Å². The Morgan fingerprint density at radius 2 is 2.54 bits per heavy atom. The molecule has 2 aromatic heterocycles. The van der Waals surface area contributed by atoms with Crippen molar-refractivity contribution in [1.29, 1.82) is 0 Å². The highest BCUT2D eigenvalue weighted by Gasteiger charge is 2.01. The summed E-state index contributed by atoms with van der Waals surface area (Å²) in [5.41, 5.74) is 2.03. The molecular weight excluding hydrogens is 204 g/mol. The number of aromatic nitrogens is 2. The lowest BCUT2D eigenvalue weighted by Gasteiger charge is -1.90. The molecule has 0 aromatic carbocycles. The Morgan fingerprint density at radius 3 is 3.15 bits per heavy atom. The van der Waals surface area contributed by atoms with Crippen LogP contribution < -0.4 is 0 Å². The van der Waals surface area contributed by atoms with E-state index in [1.807, 2.05) is 18.4 Å². The van der Waals surface area contributed by atoms with Crippen molar-refractivity contribution < 1.29 is 4.52 Å². The van der Waals surface area contributed by atoms with Crippen LogP contribution in [0.3, 0.4) is 0 Å². The zero-order chi connectivity index (χ0) is 9.10. The summed E-state index contributed by atoms with van der Waals surface area (Å²) >= 11 is 3.35. The lowest BCUT2D eigenvalue weighted by Crippen LogP contribution is -1.78. The van der Waals surface area contributed by atoms with Crippen molar-refractivity contribution in [2.24, 2.45) is 0 Å². The van der Waals surface area contributed by atoms with Crippen LogP contribution >= 0.6 is 23.1 Å². The van der Waals surface area contributed by atoms with Crippen molar-refractivity contribution in [2.75, 3.05) is 0 Å². The number of hydrogen-bond acceptors (Lipinski definition) is 5. The number of hydrogen-bond donors (Lipinski definition) is 0. The van der Waals surface area contributed by atoms with E-state index < -0.39 is 0 Å². The van der Waals surface area contributed by atoms with E-state index in [9.17, 15) is 0 Å². The molecule has 0 unspecified atom stereocenters. The standard InChI is InChI=1S/C8H8N2OS2/c1-6-4-12-8(9-6)13-5-7-2-3-11-10-7/h2-4H,5H2,1H3. The van der Waals surface area contributed by atoms with Crippen LogP contribution in [0, 0.1) is 6.92 Å². The minimum Gasteiger partial charge on any atom is -0.364 e. The number of thiazole rings is 1. The van der Waals surface area contributed by atoms with Gasteiger partial charge >= 0.3 is 0 Å². The molecule has 2 rings (SSSR count). The largest absolute Gasteiger partial charge is 0.364 e. The van der Waals surface area contributed by atoms with E-state index in [1.165, 1.54) is 0 Å². The predicted octanol–water partition coefficient (Wildman–Crippen LogP) is 2.73. The number of aryl methyl sites for hydroxylation is 1. The first-order valence-electron chi connectivity index (χ1n) is 3.79. The highest BCUT2D eigenvalue weighted by molar-refractivity contribution is 8.00. The van der Waals surface area contributed by atoms with Crippen LogP contribution in [0.4, 0.5) is 0 Å². The van der Waals surface area contributed by atoms with Crippen molar-refractivity contribution in [3.63, 3.8) is 0 Å². The van der Waals surface area contributed by atoms with Gasteiger partial charge in [0.15, 0.2) is 0 Å². The van der Waals surface area contributed by atoms with Crippen molar-refractivity contribution >= 4 is 23.1 Å². The fraction of sp³-hybridized carbons (Fsp3) is 0.250. The average molecular weight is 212 g/mol. The Morgan fingerprint density at radius 1 is 1.62 bits per heavy atom. The third-order valence-corrected chi connectivity index (χ3v) is 3.61. The van der Waals surface area contributed by atoms with Crippen LogP contribution in [0.5, 0.6) is 0 Å². The second-order valence-electron chi connectivity index (χ2n) is 2.53. The monoisotopic (exact) mass is 212 g/mol. The quantitative estimate of drug-likeness (QED) is 0.733. The minimum atomic E-state index is 0.823. The van der Waals surface area contributed by atoms with E-state index in [4.69, 9.17) is 4.52 Å². The summed E-state index contributed by atoms with van der Waals surface area (Å²) in [4.78, 5) is 4.33. The fourth-order valence-corrected chi connectivity index (χ4v) is 2.59. The highest BCUT2D eigenvalue weighted by Crippen LogP contribution is 2.25. The third kappa shape index (κ3) is 2.32. The van der Waals surface area contributed by atoms with Gasteiger partial charge in [-0.15, -0.1) is 11.3 Å². The van der Waals surface area contributed by atoms with Gasteiger partial charge in [0, 0.05) is 22.9 Å². The summed E-state index contributed by atoms with van der Waals surface area (Å²) in [7, 11) is 0. The van der Waals surface area contributed by atoms with Crippen molar-refractivity contribution in [1.82, 2.24) is 10.1 Å². The molecule has 0 aliphatic heterocycles. The molecule has 13 heavy (non-hydrogen) atoms. The van der Waals surface area contributed by atoms with Crippen LogP contribution in [0.15, 0.2) is 26.6 Å². The molecule has 0 saturated heterocycles. The molecule has 0 N–H and O–H groups in total. The van der Waals surface area contributed by atoms with E-state index in [2.05, 4.69) is 10.1 Å². The maximum Gasteiger partial charge on any atom is 0.150 e. The number of nitrogens with zero attached hydrogens (tertiary/aromatic N) is 2. The molecule has 0 bridgehead atoms. The molecule has 0 amide bonds. The predicted molar refractivity (Wildman–Crippen MR) is 52.9 cm³/mol. The van der Waals surface area contributed by atoms with E-state index in [0.29, 0.717) is 0 Å². The van der Waals surface area contributed by atoms with Gasteiger partial charge in [0.05, 0.1) is 5.69 Å². The molecule has 2 aromatic rings. The Kier molecular flexibility index (Phi) is 2.65. The normalized spacial score (nSPS) is 10.5. The first-order chi connectivity index (χ1) is 6.34. The van der Waals surface area contributed by atoms with Crippen molar-refractivity contribution in [3.8, 4) is 0 Å². The second-order valence-corrected chi connectivity index (χ2v) is 4.61. The van der Waals surface area contributed by atoms with E-state index >= 15 is 0 Å². The van der Waals surface area contributed by atoms with Gasteiger partial charge in [-0.3, -0.25) is 0 Å². The van der Waals surface area contributed by atoms with Gasteiger partial charge in [-0.25, -0.2) is 4.98 Å². The summed E-state index contributed by atoms with van der Waals surface area (Å²) in [5.74, 6) is 0.823. The maximum atomic E-state index is 4.73. The first kappa shape index (κ1) is 8.77. The second kappa shape index (κ2) is 3.93. The Hall–Kier alpha value is -0.810. The lowest BCUT2D eigenvalue weighted by atomic mass is 10.5. The molecule has 0 spiro atoms. The summed E-state index contributed by atoms with van der Waals surface area (Å²) in [6.45, 7) is 2.00. The number of thioether (sulfide) groups is 1. The summed E-state index contributed by atoms with van der Waals surface area (Å²) in [6.07, 6.45) is 1.59. The van der Waals surface area contributed by atoms with Crippen LogP contribution in [-0.2, 0) is 5.75 Å². The highest BCUT2D eigenvalue weighted by atomic mass is 32.2. The minimum absolute atomic E-state index is 0.823. The zero-order valence-corrected chi connectivity index (χ0v) is 8.69. The van der Waals surface area contributed by atoms with Crippen molar-refractivity contribution in [3.05, 3.63) is 29.1 Å². The van der Waals surface area contributed by atoms with Gasteiger partial charge < -0.3 is 4.52 Å². The molecule has 0 aliphatic carbocycles. The van der Waals surface area contributed by atoms with Gasteiger partial charge in [-0.05, 0) is 6.92 Å². The fourth-order valence-electron chi connectivity index (χ4n) is 0.846. The zero-order valence-electron chi connectivity index (χ0n) is 7.06. The Balaban J connectivity index is 1.93. The first-order valence-corrected chi connectivity index (χ1v) is 5.65. The van der Waals surface area contributed by atoms with Gasteiger partial charge in [-0.1, -0.05) is 16.9 Å². The average Bonchev–Trinajstić information content (AvgIpc) is 2.71. The molecule has 0 saturated carbocycles. The Labute approximate surface area is 84.2 Å². The van der Waals surface area contributed by atoms with Crippen LogP contribution in [0.2, 0.25) is 0 Å². The number of rotatable bonds is 3. The van der Waals surface area contributed by atoms with Gasteiger partial charge in [0.2, 0.25) is 0 Å². The molecule has 0 radical (unpaired) electrons. The molecule has 0 fully saturated rings. The van der Waals surface area contributed by atoms with Gasteiger partial charge in [0.1, 0.15) is 10.6 Å². The van der Waals surface area contributed by atoms with E-state index in [1.54, 1.807) is 29.4 Å². The Bertz CT molecular complexity index is 369. The maximum absolute atomic E-state index is 4.73.